The van der Waals surface area contributed by atoms with Crippen molar-refractivity contribution in [2.24, 2.45) is 0 Å². The molecule has 1 amide bonds. The standard InChI is InChI=1S/C22H22N2O/c25-22(15-18-9-6-8-17-7-4-5-12-21(17)18)24-14-13-20(16-24)23-19-10-2-1-3-11-19/h1-12,20,23H,13-16H2. The average Bonchev–Trinajstić information content (AvgIpc) is 3.11. The average molecular weight is 330 g/mol. The molecule has 126 valence electrons. The number of amides is 1. The molecule has 25 heavy (non-hydrogen) atoms. The van der Waals surface area contributed by atoms with Crippen molar-refractivity contribution in [3.05, 3.63) is 78.4 Å². The molecule has 1 fully saturated rings. The Labute approximate surface area is 148 Å². The number of benzene rings is 3. The minimum atomic E-state index is 0.216. The van der Waals surface area contributed by atoms with Crippen LogP contribution >= 0.6 is 0 Å². The smallest absolute Gasteiger partial charge is 0.227 e. The molecule has 0 saturated carbocycles. The number of likely N-dealkylation sites (tertiary alicyclic amines) is 1. The van der Waals surface area contributed by atoms with Crippen LogP contribution in [0.1, 0.15) is 12.0 Å². The Balaban J connectivity index is 1.42. The number of rotatable bonds is 4. The minimum Gasteiger partial charge on any atom is -0.380 e. The number of nitrogens with one attached hydrogen (secondary N) is 1. The zero-order valence-electron chi connectivity index (χ0n) is 14.2. The van der Waals surface area contributed by atoms with E-state index in [2.05, 4.69) is 41.7 Å². The molecule has 4 rings (SSSR count). The maximum absolute atomic E-state index is 12.8. The minimum absolute atomic E-state index is 0.216. The third kappa shape index (κ3) is 3.50. The second kappa shape index (κ2) is 6.98. The third-order valence-corrected chi connectivity index (χ3v) is 4.91. The van der Waals surface area contributed by atoms with Crippen molar-refractivity contribution in [2.45, 2.75) is 18.9 Å². The molecule has 3 aromatic carbocycles. The van der Waals surface area contributed by atoms with Crippen LogP contribution in [0.15, 0.2) is 72.8 Å². The summed E-state index contributed by atoms with van der Waals surface area (Å²) in [6.45, 7) is 1.60. The lowest BCUT2D eigenvalue weighted by Crippen LogP contribution is -2.32. The molecule has 0 spiro atoms. The lowest BCUT2D eigenvalue weighted by molar-refractivity contribution is -0.129. The Hall–Kier alpha value is -2.81. The second-order valence-corrected chi connectivity index (χ2v) is 6.65. The predicted octanol–water partition coefficient (Wildman–Crippen LogP) is 4.10. The van der Waals surface area contributed by atoms with Gasteiger partial charge in [-0.15, -0.1) is 0 Å². The van der Waals surface area contributed by atoms with Gasteiger partial charge in [-0.2, -0.15) is 0 Å². The first kappa shape index (κ1) is 15.7. The van der Waals surface area contributed by atoms with Gasteiger partial charge in [-0.1, -0.05) is 60.7 Å². The summed E-state index contributed by atoms with van der Waals surface area (Å²) in [4.78, 5) is 14.7. The van der Waals surface area contributed by atoms with Gasteiger partial charge in [0.1, 0.15) is 0 Å². The number of carbonyl (C=O) groups excluding carboxylic acids is 1. The molecule has 1 atom stereocenters. The Kier molecular flexibility index (Phi) is 4.38. The highest BCUT2D eigenvalue weighted by Gasteiger charge is 2.26. The van der Waals surface area contributed by atoms with Crippen LogP contribution in [0.3, 0.4) is 0 Å². The highest BCUT2D eigenvalue weighted by Crippen LogP contribution is 2.21. The number of carbonyl (C=O) groups is 1. The largest absolute Gasteiger partial charge is 0.380 e. The van der Waals surface area contributed by atoms with E-state index in [1.54, 1.807) is 0 Å². The zero-order valence-corrected chi connectivity index (χ0v) is 14.2. The molecule has 0 bridgehead atoms. The van der Waals surface area contributed by atoms with Crippen LogP contribution in [-0.2, 0) is 11.2 Å². The summed E-state index contributed by atoms with van der Waals surface area (Å²) >= 11 is 0. The summed E-state index contributed by atoms with van der Waals surface area (Å²) in [6, 6.07) is 25.0. The zero-order chi connectivity index (χ0) is 17.1. The van der Waals surface area contributed by atoms with Crippen LogP contribution in [-0.4, -0.2) is 29.9 Å². The van der Waals surface area contributed by atoms with E-state index >= 15 is 0 Å². The lowest BCUT2D eigenvalue weighted by atomic mass is 10.0. The van der Waals surface area contributed by atoms with Crippen molar-refractivity contribution >= 4 is 22.4 Å². The summed E-state index contributed by atoms with van der Waals surface area (Å²) in [7, 11) is 0. The molecule has 0 radical (unpaired) electrons. The Bertz CT molecular complexity index is 870. The summed E-state index contributed by atoms with van der Waals surface area (Å²) in [6.07, 6.45) is 1.47. The second-order valence-electron chi connectivity index (χ2n) is 6.65. The molecular formula is C22H22N2O. The SMILES string of the molecule is O=C(Cc1cccc2ccccc12)N1CCC(Nc2ccccc2)C1. The molecule has 1 aliphatic rings. The van der Waals surface area contributed by atoms with Gasteiger partial charge in [0.25, 0.3) is 0 Å². The third-order valence-electron chi connectivity index (χ3n) is 4.91. The fraction of sp³-hybridized carbons (Fsp3) is 0.227. The van der Waals surface area contributed by atoms with E-state index in [9.17, 15) is 4.79 Å². The molecular weight excluding hydrogens is 308 g/mol. The van der Waals surface area contributed by atoms with E-state index in [4.69, 9.17) is 0 Å². The lowest BCUT2D eigenvalue weighted by Gasteiger charge is -2.18. The van der Waals surface area contributed by atoms with E-state index in [0.29, 0.717) is 12.5 Å². The van der Waals surface area contributed by atoms with Crippen LogP contribution < -0.4 is 5.32 Å². The van der Waals surface area contributed by atoms with Crippen molar-refractivity contribution in [1.82, 2.24) is 4.90 Å². The van der Waals surface area contributed by atoms with Crippen molar-refractivity contribution in [3.8, 4) is 0 Å². The summed E-state index contributed by atoms with van der Waals surface area (Å²) in [5, 5.41) is 5.90. The van der Waals surface area contributed by atoms with E-state index in [-0.39, 0.29) is 5.91 Å². The van der Waals surface area contributed by atoms with Gasteiger partial charge in [0.05, 0.1) is 6.42 Å². The Morgan fingerprint density at radius 1 is 0.960 bits per heavy atom. The van der Waals surface area contributed by atoms with Crippen LogP contribution in [0.25, 0.3) is 10.8 Å². The van der Waals surface area contributed by atoms with Gasteiger partial charge in [0.2, 0.25) is 5.91 Å². The topological polar surface area (TPSA) is 32.3 Å². The molecule has 1 aliphatic heterocycles. The van der Waals surface area contributed by atoms with E-state index < -0.39 is 0 Å². The van der Waals surface area contributed by atoms with Gasteiger partial charge in [-0.05, 0) is 34.9 Å². The molecule has 1 unspecified atom stereocenters. The maximum atomic E-state index is 12.8. The quantitative estimate of drug-likeness (QED) is 0.781. The molecule has 1 saturated heterocycles. The van der Waals surface area contributed by atoms with Crippen molar-refractivity contribution in [3.63, 3.8) is 0 Å². The number of fused-ring (bicyclic) bond motifs is 1. The molecule has 3 heteroatoms. The highest BCUT2D eigenvalue weighted by atomic mass is 16.2. The van der Waals surface area contributed by atoms with Crippen LogP contribution in [0, 0.1) is 0 Å². The van der Waals surface area contributed by atoms with Gasteiger partial charge < -0.3 is 10.2 Å². The molecule has 0 aromatic heterocycles. The van der Waals surface area contributed by atoms with Gasteiger partial charge in [-0.25, -0.2) is 0 Å². The van der Waals surface area contributed by atoms with Crippen LogP contribution in [0.5, 0.6) is 0 Å². The highest BCUT2D eigenvalue weighted by molar-refractivity contribution is 5.90. The first-order valence-corrected chi connectivity index (χ1v) is 8.85. The Morgan fingerprint density at radius 2 is 1.72 bits per heavy atom. The fourth-order valence-electron chi connectivity index (χ4n) is 3.60. The van der Waals surface area contributed by atoms with Crippen molar-refractivity contribution < 1.29 is 4.79 Å². The van der Waals surface area contributed by atoms with Gasteiger partial charge >= 0.3 is 0 Å². The first-order valence-electron chi connectivity index (χ1n) is 8.85. The van der Waals surface area contributed by atoms with E-state index in [1.165, 1.54) is 10.8 Å². The molecule has 3 nitrogen and oxygen atoms in total. The van der Waals surface area contributed by atoms with Crippen molar-refractivity contribution in [1.29, 1.82) is 0 Å². The molecule has 1 N–H and O–H groups in total. The normalized spacial score (nSPS) is 17.0. The number of nitrogens with zero attached hydrogens (tertiary/aromatic N) is 1. The summed E-state index contributed by atoms with van der Waals surface area (Å²) in [5.74, 6) is 0.216. The molecule has 1 heterocycles. The van der Waals surface area contributed by atoms with Crippen LogP contribution in [0.4, 0.5) is 5.69 Å². The van der Waals surface area contributed by atoms with Crippen molar-refractivity contribution in [2.75, 3.05) is 18.4 Å². The molecule has 3 aromatic rings. The fourth-order valence-corrected chi connectivity index (χ4v) is 3.60. The first-order chi connectivity index (χ1) is 12.3. The van der Waals surface area contributed by atoms with Gasteiger partial charge in [0, 0.05) is 24.8 Å². The number of hydrogen-bond donors (Lipinski definition) is 1. The number of hydrogen-bond acceptors (Lipinski definition) is 2. The van der Waals surface area contributed by atoms with E-state index in [0.717, 1.165) is 30.8 Å². The predicted molar refractivity (Wildman–Crippen MR) is 103 cm³/mol. The van der Waals surface area contributed by atoms with Gasteiger partial charge in [-0.3, -0.25) is 4.79 Å². The van der Waals surface area contributed by atoms with Gasteiger partial charge in [0.15, 0.2) is 0 Å². The Morgan fingerprint density at radius 3 is 2.60 bits per heavy atom. The van der Waals surface area contributed by atoms with Crippen LogP contribution in [0.2, 0.25) is 0 Å². The summed E-state index contributed by atoms with van der Waals surface area (Å²) < 4.78 is 0. The maximum Gasteiger partial charge on any atom is 0.227 e. The monoisotopic (exact) mass is 330 g/mol. The van der Waals surface area contributed by atoms with E-state index in [1.807, 2.05) is 41.3 Å². The summed E-state index contributed by atoms with van der Waals surface area (Å²) in [5.41, 5.74) is 2.23. The molecule has 0 aliphatic carbocycles. The number of anilines is 1. The number of para-hydroxylation sites is 1.